The summed E-state index contributed by atoms with van der Waals surface area (Å²) in [4.78, 5) is 40.9. The highest BCUT2D eigenvalue weighted by molar-refractivity contribution is 7.21. The Morgan fingerprint density at radius 3 is 2.51 bits per heavy atom. The average Bonchev–Trinajstić information content (AvgIpc) is 3.26. The number of aromatic nitrogens is 1. The second-order valence-corrected chi connectivity index (χ2v) is 9.13. The number of ether oxygens (including phenoxy) is 1. The number of carbonyl (C=O) groups excluding carboxylic acids is 3. The number of hydrogen-bond acceptors (Lipinski definition) is 6. The predicted octanol–water partition coefficient (Wildman–Crippen LogP) is 4.88. The monoisotopic (exact) mass is 487 g/mol. The molecule has 7 nitrogen and oxygen atoms in total. The second kappa shape index (κ2) is 10.9. The third kappa shape index (κ3) is 6.30. The molecule has 0 bridgehead atoms. The van der Waals surface area contributed by atoms with Gasteiger partial charge in [0.25, 0.3) is 11.8 Å². The Balaban J connectivity index is 1.21. The zero-order valence-electron chi connectivity index (χ0n) is 19.5. The summed E-state index contributed by atoms with van der Waals surface area (Å²) in [6, 6.07) is 20.7. The van der Waals surface area contributed by atoms with Crippen molar-refractivity contribution in [1.82, 2.24) is 10.3 Å². The third-order valence-corrected chi connectivity index (χ3v) is 6.40. The highest BCUT2D eigenvalue weighted by Gasteiger charge is 2.12. The second-order valence-electron chi connectivity index (χ2n) is 8.10. The van der Waals surface area contributed by atoms with Gasteiger partial charge in [0.05, 0.1) is 16.6 Å². The minimum absolute atomic E-state index is 0.0265. The molecule has 3 aromatic carbocycles. The van der Waals surface area contributed by atoms with Crippen LogP contribution >= 0.6 is 11.3 Å². The molecule has 0 spiro atoms. The number of nitrogens with zero attached hydrogens (tertiary/aromatic N) is 1. The molecule has 0 aliphatic heterocycles. The van der Waals surface area contributed by atoms with E-state index >= 15 is 0 Å². The fraction of sp³-hybridized carbons (Fsp3) is 0.185. The Kier molecular flexibility index (Phi) is 7.52. The zero-order chi connectivity index (χ0) is 24.8. The molecule has 0 unspecified atom stereocenters. The molecule has 0 fully saturated rings. The van der Waals surface area contributed by atoms with Crippen molar-refractivity contribution in [3.05, 3.63) is 83.4 Å². The van der Waals surface area contributed by atoms with Crippen LogP contribution in [-0.2, 0) is 14.3 Å². The molecule has 0 radical (unpaired) electrons. The molecule has 2 N–H and O–H groups in total. The molecule has 2 amide bonds. The molecular formula is C27H25N3O4S. The first-order chi connectivity index (χ1) is 16.9. The van der Waals surface area contributed by atoms with Crippen LogP contribution in [0.3, 0.4) is 0 Å². The van der Waals surface area contributed by atoms with E-state index in [4.69, 9.17) is 4.74 Å². The van der Waals surface area contributed by atoms with Crippen LogP contribution in [-0.4, -0.2) is 35.9 Å². The van der Waals surface area contributed by atoms with Crippen LogP contribution in [0, 0.1) is 13.8 Å². The van der Waals surface area contributed by atoms with Crippen molar-refractivity contribution in [1.29, 1.82) is 0 Å². The molecule has 0 saturated carbocycles. The zero-order valence-corrected chi connectivity index (χ0v) is 20.3. The summed E-state index contributed by atoms with van der Waals surface area (Å²) in [6.07, 6.45) is -0.0265. The van der Waals surface area contributed by atoms with Gasteiger partial charge in [-0.1, -0.05) is 24.3 Å². The lowest BCUT2D eigenvalue weighted by Gasteiger charge is -2.09. The van der Waals surface area contributed by atoms with Gasteiger partial charge in [0, 0.05) is 23.4 Å². The minimum atomic E-state index is -0.563. The Morgan fingerprint density at radius 2 is 1.74 bits per heavy atom. The van der Waals surface area contributed by atoms with Crippen molar-refractivity contribution in [3.63, 3.8) is 0 Å². The first-order valence-electron chi connectivity index (χ1n) is 11.2. The molecule has 0 aliphatic rings. The van der Waals surface area contributed by atoms with Gasteiger partial charge in [-0.2, -0.15) is 0 Å². The summed E-state index contributed by atoms with van der Waals surface area (Å²) in [7, 11) is 0. The van der Waals surface area contributed by atoms with Gasteiger partial charge in [-0.25, -0.2) is 4.98 Å². The number of nitrogens with one attached hydrogen (secondary N) is 2. The van der Waals surface area contributed by atoms with Crippen molar-refractivity contribution in [2.75, 3.05) is 18.5 Å². The Hall–Kier alpha value is -4.04. The van der Waals surface area contributed by atoms with E-state index in [1.54, 1.807) is 35.6 Å². The Labute approximate surface area is 207 Å². The summed E-state index contributed by atoms with van der Waals surface area (Å²) in [6.45, 7) is 3.62. The maximum atomic E-state index is 12.2. The van der Waals surface area contributed by atoms with Crippen LogP contribution in [0.4, 0.5) is 5.69 Å². The van der Waals surface area contributed by atoms with Gasteiger partial charge in [0.2, 0.25) is 0 Å². The molecular weight excluding hydrogens is 462 g/mol. The molecule has 1 heterocycles. The Morgan fingerprint density at radius 1 is 0.971 bits per heavy atom. The number of anilines is 1. The summed E-state index contributed by atoms with van der Waals surface area (Å²) in [5, 5.41) is 6.30. The number of esters is 1. The van der Waals surface area contributed by atoms with E-state index in [2.05, 4.69) is 28.6 Å². The fourth-order valence-corrected chi connectivity index (χ4v) is 4.54. The number of carbonyl (C=O) groups is 3. The van der Waals surface area contributed by atoms with Crippen LogP contribution in [0.1, 0.15) is 27.9 Å². The van der Waals surface area contributed by atoms with Crippen molar-refractivity contribution in [2.45, 2.75) is 20.3 Å². The normalized spacial score (nSPS) is 10.7. The average molecular weight is 488 g/mol. The molecule has 4 rings (SSSR count). The maximum Gasteiger partial charge on any atom is 0.308 e. The third-order valence-electron chi connectivity index (χ3n) is 5.33. The first-order valence-corrected chi connectivity index (χ1v) is 12.0. The van der Waals surface area contributed by atoms with Crippen molar-refractivity contribution < 1.29 is 19.1 Å². The highest BCUT2D eigenvalue weighted by atomic mass is 32.1. The van der Waals surface area contributed by atoms with Gasteiger partial charge in [-0.3, -0.25) is 14.4 Å². The van der Waals surface area contributed by atoms with Gasteiger partial charge < -0.3 is 15.4 Å². The van der Waals surface area contributed by atoms with E-state index in [1.165, 1.54) is 5.56 Å². The van der Waals surface area contributed by atoms with Gasteiger partial charge >= 0.3 is 5.97 Å². The molecule has 0 aliphatic carbocycles. The molecule has 178 valence electrons. The van der Waals surface area contributed by atoms with Gasteiger partial charge in [0.1, 0.15) is 5.01 Å². The van der Waals surface area contributed by atoms with E-state index in [0.29, 0.717) is 11.3 Å². The number of thiazole rings is 1. The lowest BCUT2D eigenvalue weighted by molar-refractivity contribution is -0.147. The summed E-state index contributed by atoms with van der Waals surface area (Å²) < 4.78 is 6.15. The SMILES string of the molecule is Cc1ccc2nc(-c3ccc(NC(=O)COC(=O)CCNC(=O)c4ccccc4C)cc3)sc2c1. The minimum Gasteiger partial charge on any atom is -0.456 e. The van der Waals surface area contributed by atoms with E-state index in [0.717, 1.165) is 26.4 Å². The Bertz CT molecular complexity index is 1380. The van der Waals surface area contributed by atoms with E-state index in [1.807, 2.05) is 43.3 Å². The van der Waals surface area contributed by atoms with Crippen molar-refractivity contribution >= 4 is 45.0 Å². The number of benzene rings is 3. The van der Waals surface area contributed by atoms with Gasteiger partial charge in [0.15, 0.2) is 6.61 Å². The molecule has 1 aromatic heterocycles. The molecule has 4 aromatic rings. The predicted molar refractivity (Wildman–Crippen MR) is 138 cm³/mol. The topological polar surface area (TPSA) is 97.4 Å². The summed E-state index contributed by atoms with van der Waals surface area (Å²) in [5.41, 5.74) is 5.12. The number of rotatable bonds is 8. The standard InChI is InChI=1S/C27H25N3O4S/c1-17-7-12-22-23(15-17)35-27(30-22)19-8-10-20(11-9-19)29-24(31)16-34-25(32)13-14-28-26(33)21-6-4-3-5-18(21)2/h3-12,15H,13-14,16H2,1-2H3,(H,28,33)(H,29,31). The van der Waals surface area contributed by atoms with Crippen LogP contribution < -0.4 is 10.6 Å². The number of amides is 2. The maximum absolute atomic E-state index is 12.2. The van der Waals surface area contributed by atoms with Crippen LogP contribution in [0.2, 0.25) is 0 Å². The highest BCUT2D eigenvalue weighted by Crippen LogP contribution is 2.31. The summed E-state index contributed by atoms with van der Waals surface area (Å²) in [5.74, 6) is -1.25. The van der Waals surface area contributed by atoms with Gasteiger partial charge in [-0.15, -0.1) is 11.3 Å². The van der Waals surface area contributed by atoms with E-state index in [9.17, 15) is 14.4 Å². The lowest BCUT2D eigenvalue weighted by Crippen LogP contribution is -2.28. The fourth-order valence-electron chi connectivity index (χ4n) is 3.47. The largest absolute Gasteiger partial charge is 0.456 e. The number of fused-ring (bicyclic) bond motifs is 1. The smallest absolute Gasteiger partial charge is 0.308 e. The molecule has 0 atom stereocenters. The quantitative estimate of drug-likeness (QED) is 0.345. The van der Waals surface area contributed by atoms with E-state index < -0.39 is 18.5 Å². The number of hydrogen-bond donors (Lipinski definition) is 2. The van der Waals surface area contributed by atoms with Gasteiger partial charge in [-0.05, 0) is 67.4 Å². The van der Waals surface area contributed by atoms with Crippen molar-refractivity contribution in [3.8, 4) is 10.6 Å². The van der Waals surface area contributed by atoms with Crippen LogP contribution in [0.25, 0.3) is 20.8 Å². The molecule has 35 heavy (non-hydrogen) atoms. The van der Waals surface area contributed by atoms with Crippen LogP contribution in [0.5, 0.6) is 0 Å². The molecule has 8 heteroatoms. The lowest BCUT2D eigenvalue weighted by atomic mass is 10.1. The van der Waals surface area contributed by atoms with E-state index in [-0.39, 0.29) is 18.9 Å². The molecule has 0 saturated heterocycles. The van der Waals surface area contributed by atoms with Crippen molar-refractivity contribution in [2.24, 2.45) is 0 Å². The summed E-state index contributed by atoms with van der Waals surface area (Å²) >= 11 is 1.62. The number of aryl methyl sites for hydroxylation is 2. The first kappa shape index (κ1) is 24.1. The van der Waals surface area contributed by atoms with Crippen LogP contribution in [0.15, 0.2) is 66.7 Å².